The molecule has 1 aliphatic carbocycles. The van der Waals surface area contributed by atoms with E-state index in [1.165, 1.54) is 0 Å². The van der Waals surface area contributed by atoms with Gasteiger partial charge in [-0.25, -0.2) is 9.18 Å². The molecule has 206 valence electrons. The van der Waals surface area contributed by atoms with Gasteiger partial charge in [0.1, 0.15) is 11.4 Å². The SMILES string of the molecule is O=C1CCc2ccc(CCN3CCN(c4cc(F)cc5sccc45)CC3)cc2N1C1(C(=O)O)CCCCCC1. The van der Waals surface area contributed by atoms with E-state index in [-0.39, 0.29) is 11.7 Å². The Bertz CT molecular complexity index is 1370. The number of carboxylic acids is 1. The third kappa shape index (κ3) is 5.05. The Morgan fingerprint density at radius 1 is 0.949 bits per heavy atom. The monoisotopic (exact) mass is 549 g/mol. The van der Waals surface area contributed by atoms with E-state index in [0.29, 0.717) is 25.7 Å². The number of thiophene rings is 1. The minimum atomic E-state index is -1.14. The summed E-state index contributed by atoms with van der Waals surface area (Å²) in [6, 6.07) is 11.7. The first-order valence-electron chi connectivity index (χ1n) is 14.3. The molecule has 3 heterocycles. The Morgan fingerprint density at radius 2 is 1.72 bits per heavy atom. The molecule has 2 aliphatic heterocycles. The summed E-state index contributed by atoms with van der Waals surface area (Å²) in [4.78, 5) is 32.3. The zero-order valence-electron chi connectivity index (χ0n) is 22.3. The van der Waals surface area contributed by atoms with Crippen molar-refractivity contribution in [3.05, 3.63) is 58.7 Å². The quantitative estimate of drug-likeness (QED) is 0.390. The molecule has 0 bridgehead atoms. The number of carboxylic acid groups (broad SMARTS) is 1. The number of rotatable bonds is 6. The van der Waals surface area contributed by atoms with Gasteiger partial charge >= 0.3 is 5.97 Å². The molecule has 2 aromatic carbocycles. The minimum absolute atomic E-state index is 0.0582. The lowest BCUT2D eigenvalue weighted by Crippen LogP contribution is -2.58. The molecule has 2 fully saturated rings. The second-order valence-electron chi connectivity index (χ2n) is 11.3. The Kier molecular flexibility index (Phi) is 7.33. The van der Waals surface area contributed by atoms with Crippen molar-refractivity contribution in [1.29, 1.82) is 0 Å². The molecule has 6 nitrogen and oxygen atoms in total. The number of halogens is 1. The van der Waals surface area contributed by atoms with Crippen LogP contribution in [-0.2, 0) is 22.4 Å². The van der Waals surface area contributed by atoms with E-state index in [2.05, 4.69) is 34.1 Å². The Labute approximate surface area is 233 Å². The summed E-state index contributed by atoms with van der Waals surface area (Å²) in [7, 11) is 0. The van der Waals surface area contributed by atoms with E-state index in [9.17, 15) is 19.1 Å². The van der Waals surface area contributed by atoms with E-state index in [4.69, 9.17) is 0 Å². The lowest BCUT2D eigenvalue weighted by atomic mass is 9.84. The molecule has 1 saturated carbocycles. The van der Waals surface area contributed by atoms with Crippen molar-refractivity contribution in [2.45, 2.75) is 63.3 Å². The Balaban J connectivity index is 1.15. The van der Waals surface area contributed by atoms with Gasteiger partial charge in [-0.15, -0.1) is 11.3 Å². The van der Waals surface area contributed by atoms with Crippen LogP contribution in [0, 0.1) is 5.82 Å². The molecule has 1 saturated heterocycles. The summed E-state index contributed by atoms with van der Waals surface area (Å²) in [5.74, 6) is -1.11. The van der Waals surface area contributed by atoms with Gasteiger partial charge in [-0.1, -0.05) is 37.8 Å². The molecule has 3 aromatic rings. The average molecular weight is 550 g/mol. The highest BCUT2D eigenvalue weighted by atomic mass is 32.1. The summed E-state index contributed by atoms with van der Waals surface area (Å²) in [5.41, 5.74) is 2.87. The second-order valence-corrected chi connectivity index (χ2v) is 12.2. The molecule has 1 N–H and O–H groups in total. The van der Waals surface area contributed by atoms with Crippen LogP contribution in [0.4, 0.5) is 15.8 Å². The fraction of sp³-hybridized carbons (Fsp3) is 0.484. The normalized spacial score (nSPS) is 20.2. The maximum Gasteiger partial charge on any atom is 0.330 e. The average Bonchev–Trinajstić information content (AvgIpc) is 3.27. The molecular weight excluding hydrogens is 513 g/mol. The first-order valence-corrected chi connectivity index (χ1v) is 15.1. The van der Waals surface area contributed by atoms with Crippen molar-refractivity contribution in [2.75, 3.05) is 42.5 Å². The van der Waals surface area contributed by atoms with Crippen LogP contribution in [0.5, 0.6) is 0 Å². The summed E-state index contributed by atoms with van der Waals surface area (Å²) >= 11 is 1.57. The Morgan fingerprint density at radius 3 is 2.46 bits per heavy atom. The minimum Gasteiger partial charge on any atom is -0.479 e. The molecule has 0 radical (unpaired) electrons. The zero-order valence-corrected chi connectivity index (χ0v) is 23.1. The summed E-state index contributed by atoms with van der Waals surface area (Å²) in [6.07, 6.45) is 6.63. The van der Waals surface area contributed by atoms with E-state index in [1.807, 2.05) is 5.38 Å². The third-order valence-electron chi connectivity index (χ3n) is 8.95. The highest BCUT2D eigenvalue weighted by molar-refractivity contribution is 7.17. The molecule has 6 rings (SSSR count). The van der Waals surface area contributed by atoms with E-state index in [0.717, 1.165) is 97.4 Å². The van der Waals surface area contributed by atoms with Gasteiger partial charge in [0.25, 0.3) is 0 Å². The van der Waals surface area contributed by atoms with Gasteiger partial charge in [0.2, 0.25) is 5.91 Å². The van der Waals surface area contributed by atoms with Gasteiger partial charge in [-0.3, -0.25) is 14.6 Å². The maximum atomic E-state index is 14.2. The number of carbonyl (C=O) groups excluding carboxylic acids is 1. The summed E-state index contributed by atoms with van der Waals surface area (Å²) < 4.78 is 15.2. The van der Waals surface area contributed by atoms with Crippen LogP contribution in [0.2, 0.25) is 0 Å². The zero-order chi connectivity index (χ0) is 27.0. The highest BCUT2D eigenvalue weighted by Gasteiger charge is 2.48. The summed E-state index contributed by atoms with van der Waals surface area (Å²) in [5, 5.41) is 13.5. The van der Waals surface area contributed by atoms with Crippen LogP contribution in [0.3, 0.4) is 0 Å². The fourth-order valence-electron chi connectivity index (χ4n) is 6.77. The van der Waals surface area contributed by atoms with Gasteiger partial charge < -0.3 is 10.0 Å². The molecular formula is C31H36FN3O3S. The number of amides is 1. The van der Waals surface area contributed by atoms with Crippen LogP contribution < -0.4 is 9.80 Å². The first kappa shape index (κ1) is 26.3. The number of carbonyl (C=O) groups is 2. The third-order valence-corrected chi connectivity index (χ3v) is 9.81. The van der Waals surface area contributed by atoms with Gasteiger partial charge in [0.05, 0.1) is 0 Å². The maximum absolute atomic E-state index is 14.2. The smallest absolute Gasteiger partial charge is 0.330 e. The van der Waals surface area contributed by atoms with Crippen molar-refractivity contribution in [3.8, 4) is 0 Å². The van der Waals surface area contributed by atoms with Crippen LogP contribution in [-0.4, -0.2) is 60.1 Å². The molecule has 1 aromatic heterocycles. The number of aliphatic carboxylic acids is 1. The number of fused-ring (bicyclic) bond motifs is 2. The largest absolute Gasteiger partial charge is 0.479 e. The topological polar surface area (TPSA) is 64.1 Å². The van der Waals surface area contributed by atoms with Crippen LogP contribution in [0.1, 0.15) is 56.1 Å². The second kappa shape index (κ2) is 10.9. The number of benzene rings is 2. The molecule has 0 spiro atoms. The van der Waals surface area contributed by atoms with Gasteiger partial charge in [0, 0.05) is 60.6 Å². The lowest BCUT2D eigenvalue weighted by molar-refractivity contribution is -0.146. The van der Waals surface area contributed by atoms with Crippen molar-refractivity contribution in [3.63, 3.8) is 0 Å². The summed E-state index contributed by atoms with van der Waals surface area (Å²) in [6.45, 7) is 4.39. The molecule has 1 amide bonds. The number of aryl methyl sites for hydroxylation is 1. The molecule has 8 heteroatoms. The molecule has 0 unspecified atom stereocenters. The van der Waals surface area contributed by atoms with Crippen molar-refractivity contribution >= 4 is 44.7 Å². The van der Waals surface area contributed by atoms with Crippen LogP contribution in [0.25, 0.3) is 10.1 Å². The van der Waals surface area contributed by atoms with Gasteiger partial charge in [-0.2, -0.15) is 0 Å². The number of hydrogen-bond donors (Lipinski definition) is 1. The molecule has 0 atom stereocenters. The standard InChI is InChI=1S/C31H36FN3O3S/c32-24-20-27(25-10-18-39-28(25)21-24)34-16-14-33(15-17-34)13-9-22-5-6-23-7-8-29(36)35(26(23)19-22)31(30(37)38)11-3-1-2-4-12-31/h5-6,10,18-21H,1-4,7-9,11-17H2,(H,37,38). The van der Waals surface area contributed by atoms with Crippen LogP contribution >= 0.6 is 11.3 Å². The van der Waals surface area contributed by atoms with E-state index >= 15 is 0 Å². The van der Waals surface area contributed by atoms with Gasteiger partial charge in [0.15, 0.2) is 0 Å². The Hall–Kier alpha value is -2.97. The highest BCUT2D eigenvalue weighted by Crippen LogP contribution is 2.41. The number of hydrogen-bond acceptors (Lipinski definition) is 5. The number of anilines is 2. The molecule has 39 heavy (non-hydrogen) atoms. The van der Waals surface area contributed by atoms with E-state index < -0.39 is 11.5 Å². The predicted molar refractivity (Wildman–Crippen MR) is 154 cm³/mol. The van der Waals surface area contributed by atoms with Gasteiger partial charge in [-0.05, 0) is 66.5 Å². The van der Waals surface area contributed by atoms with Crippen molar-refractivity contribution < 1.29 is 19.1 Å². The van der Waals surface area contributed by atoms with Crippen molar-refractivity contribution in [2.24, 2.45) is 0 Å². The van der Waals surface area contributed by atoms with Crippen molar-refractivity contribution in [1.82, 2.24) is 4.90 Å². The van der Waals surface area contributed by atoms with Crippen LogP contribution in [0.15, 0.2) is 41.8 Å². The fourth-order valence-corrected chi connectivity index (χ4v) is 7.60. The first-order chi connectivity index (χ1) is 18.9. The predicted octanol–water partition coefficient (Wildman–Crippen LogP) is 5.86. The number of nitrogens with zero attached hydrogens (tertiary/aromatic N) is 3. The lowest BCUT2D eigenvalue weighted by Gasteiger charge is -2.43. The molecule has 3 aliphatic rings. The van der Waals surface area contributed by atoms with E-state index in [1.54, 1.807) is 28.4 Å². The number of piperazine rings is 1.